The molecule has 1 heterocycles. The highest BCUT2D eigenvalue weighted by Gasteiger charge is 2.34. The van der Waals surface area contributed by atoms with E-state index < -0.39 is 39.6 Å². The van der Waals surface area contributed by atoms with Crippen molar-refractivity contribution in [2.75, 3.05) is 30.4 Å². The lowest BCUT2D eigenvalue weighted by atomic mass is 9.96. The Kier molecular flexibility index (Phi) is 9.65. The standard InChI is InChI=1S/C25H30F3N3O4S2/c1-17-6-8-21(9-7-17)37(34,35)31-13-10-18(11-14-31)23(32)30-22(12-15-36-2)24(33)29-20-5-3-4-19(16-20)25(26,27)28/h3-9,16,18,22H,10-15H2,1-2H3,(H,29,33)(H,30,32)/t22-/m0/s1. The highest BCUT2D eigenvalue weighted by atomic mass is 32.2. The predicted octanol–water partition coefficient (Wildman–Crippen LogP) is 4.29. The Morgan fingerprint density at radius 3 is 2.35 bits per heavy atom. The highest BCUT2D eigenvalue weighted by molar-refractivity contribution is 7.98. The number of sulfonamides is 1. The molecule has 2 N–H and O–H groups in total. The van der Waals surface area contributed by atoms with Crippen LogP contribution in [0.1, 0.15) is 30.4 Å². The van der Waals surface area contributed by atoms with Crippen LogP contribution >= 0.6 is 11.8 Å². The number of thioether (sulfide) groups is 1. The van der Waals surface area contributed by atoms with Crippen molar-refractivity contribution >= 4 is 39.3 Å². The molecule has 1 atom stereocenters. The van der Waals surface area contributed by atoms with Gasteiger partial charge in [-0.3, -0.25) is 9.59 Å². The van der Waals surface area contributed by atoms with E-state index in [4.69, 9.17) is 0 Å². The van der Waals surface area contributed by atoms with Gasteiger partial charge in [-0.25, -0.2) is 8.42 Å². The molecule has 0 radical (unpaired) electrons. The summed E-state index contributed by atoms with van der Waals surface area (Å²) < 4.78 is 66.2. The number of carbonyl (C=O) groups excluding carboxylic acids is 2. The molecule has 0 bridgehead atoms. The Balaban J connectivity index is 1.62. The molecule has 1 aliphatic heterocycles. The van der Waals surface area contributed by atoms with Gasteiger partial charge in [0.15, 0.2) is 0 Å². The van der Waals surface area contributed by atoms with Crippen LogP contribution in [-0.2, 0) is 25.8 Å². The molecule has 1 saturated heterocycles. The van der Waals surface area contributed by atoms with Crippen molar-refractivity contribution in [3.8, 4) is 0 Å². The molecule has 2 aromatic rings. The number of hydrogen-bond acceptors (Lipinski definition) is 5. The van der Waals surface area contributed by atoms with Crippen LogP contribution in [-0.4, -0.2) is 55.7 Å². The quantitative estimate of drug-likeness (QED) is 0.480. The van der Waals surface area contributed by atoms with Crippen LogP contribution in [0.25, 0.3) is 0 Å². The SMILES string of the molecule is CSCC[C@H](NC(=O)C1CCN(S(=O)(=O)c2ccc(C)cc2)CC1)C(=O)Nc1cccc(C(F)(F)F)c1. The number of piperidine rings is 1. The van der Waals surface area contributed by atoms with Crippen LogP contribution < -0.4 is 10.6 Å². The van der Waals surface area contributed by atoms with E-state index in [0.717, 1.165) is 17.7 Å². The van der Waals surface area contributed by atoms with Gasteiger partial charge in [-0.1, -0.05) is 23.8 Å². The van der Waals surface area contributed by atoms with Gasteiger partial charge in [0.25, 0.3) is 0 Å². The van der Waals surface area contributed by atoms with Crippen molar-refractivity contribution in [1.82, 2.24) is 9.62 Å². The molecule has 2 amide bonds. The van der Waals surface area contributed by atoms with Gasteiger partial charge in [0.05, 0.1) is 10.5 Å². The number of anilines is 1. The molecule has 0 unspecified atom stereocenters. The lowest BCUT2D eigenvalue weighted by Crippen LogP contribution is -2.49. The van der Waals surface area contributed by atoms with Crippen molar-refractivity contribution in [3.05, 3.63) is 59.7 Å². The molecule has 0 aromatic heterocycles. The number of carbonyl (C=O) groups is 2. The van der Waals surface area contributed by atoms with Crippen molar-refractivity contribution in [1.29, 1.82) is 0 Å². The second-order valence-electron chi connectivity index (χ2n) is 8.90. The third kappa shape index (κ3) is 7.71. The molecular weight excluding hydrogens is 527 g/mol. The number of benzene rings is 2. The molecule has 37 heavy (non-hydrogen) atoms. The third-order valence-electron chi connectivity index (χ3n) is 6.18. The number of aryl methyl sites for hydroxylation is 1. The second kappa shape index (κ2) is 12.3. The molecule has 202 valence electrons. The van der Waals surface area contributed by atoms with Crippen LogP contribution in [0.4, 0.5) is 18.9 Å². The summed E-state index contributed by atoms with van der Waals surface area (Å²) in [6.07, 6.45) is -1.83. The maximum atomic E-state index is 13.0. The summed E-state index contributed by atoms with van der Waals surface area (Å²) in [6.45, 7) is 2.20. The van der Waals surface area contributed by atoms with Gasteiger partial charge in [0.1, 0.15) is 6.04 Å². The van der Waals surface area contributed by atoms with E-state index in [-0.39, 0.29) is 29.6 Å². The molecule has 0 aliphatic carbocycles. The van der Waals surface area contributed by atoms with Crippen LogP contribution in [0.15, 0.2) is 53.4 Å². The van der Waals surface area contributed by atoms with E-state index in [9.17, 15) is 31.2 Å². The predicted molar refractivity (Wildman–Crippen MR) is 138 cm³/mol. The zero-order valence-electron chi connectivity index (χ0n) is 20.5. The lowest BCUT2D eigenvalue weighted by Gasteiger charge is -2.31. The molecule has 0 saturated carbocycles. The van der Waals surface area contributed by atoms with Crippen molar-refractivity contribution in [2.24, 2.45) is 5.92 Å². The number of hydrogen-bond donors (Lipinski definition) is 2. The van der Waals surface area contributed by atoms with Crippen LogP contribution in [0.2, 0.25) is 0 Å². The molecule has 1 aliphatic rings. The van der Waals surface area contributed by atoms with Crippen molar-refractivity contribution < 1.29 is 31.2 Å². The number of nitrogens with one attached hydrogen (secondary N) is 2. The van der Waals surface area contributed by atoms with Gasteiger partial charge in [-0.15, -0.1) is 0 Å². The van der Waals surface area contributed by atoms with E-state index >= 15 is 0 Å². The van der Waals surface area contributed by atoms with E-state index in [1.807, 2.05) is 13.2 Å². The fourth-order valence-corrected chi connectivity index (χ4v) is 5.96. The molecule has 12 heteroatoms. The molecule has 3 rings (SSSR count). The fraction of sp³-hybridized carbons (Fsp3) is 0.440. The second-order valence-corrected chi connectivity index (χ2v) is 11.8. The van der Waals surface area contributed by atoms with Gasteiger partial charge in [0, 0.05) is 24.7 Å². The fourth-order valence-electron chi connectivity index (χ4n) is 4.01. The summed E-state index contributed by atoms with van der Waals surface area (Å²) in [4.78, 5) is 26.0. The monoisotopic (exact) mass is 557 g/mol. The minimum atomic E-state index is -4.55. The summed E-state index contributed by atoms with van der Waals surface area (Å²) in [6, 6.07) is 9.94. The Morgan fingerprint density at radius 1 is 1.11 bits per heavy atom. The first-order chi connectivity index (χ1) is 17.4. The number of rotatable bonds is 9. The molecular formula is C25H30F3N3O4S2. The minimum Gasteiger partial charge on any atom is -0.344 e. The molecule has 0 spiro atoms. The van der Waals surface area contributed by atoms with E-state index in [2.05, 4.69) is 10.6 Å². The summed E-state index contributed by atoms with van der Waals surface area (Å²) in [5.41, 5.74) is 0.0441. The third-order valence-corrected chi connectivity index (χ3v) is 8.74. The number of amides is 2. The lowest BCUT2D eigenvalue weighted by molar-refractivity contribution is -0.137. The first-order valence-electron chi connectivity index (χ1n) is 11.8. The van der Waals surface area contributed by atoms with Gasteiger partial charge < -0.3 is 10.6 Å². The highest BCUT2D eigenvalue weighted by Crippen LogP contribution is 2.31. The van der Waals surface area contributed by atoms with Crippen molar-refractivity contribution in [3.63, 3.8) is 0 Å². The maximum absolute atomic E-state index is 13.0. The van der Waals surface area contributed by atoms with E-state index in [1.54, 1.807) is 24.3 Å². The summed E-state index contributed by atoms with van der Waals surface area (Å²) >= 11 is 1.47. The normalized spacial score (nSPS) is 16.2. The zero-order valence-corrected chi connectivity index (χ0v) is 22.2. The smallest absolute Gasteiger partial charge is 0.344 e. The van der Waals surface area contributed by atoms with Gasteiger partial charge in [0.2, 0.25) is 21.8 Å². The average molecular weight is 558 g/mol. The first-order valence-corrected chi connectivity index (χ1v) is 14.6. The minimum absolute atomic E-state index is 0.0159. The number of nitrogens with zero attached hydrogens (tertiary/aromatic N) is 1. The number of alkyl halides is 3. The summed E-state index contributed by atoms with van der Waals surface area (Å²) in [5.74, 6) is -0.921. The van der Waals surface area contributed by atoms with Gasteiger partial charge in [-0.2, -0.15) is 29.2 Å². The maximum Gasteiger partial charge on any atom is 0.416 e. The van der Waals surface area contributed by atoms with Gasteiger partial charge >= 0.3 is 6.18 Å². The molecule has 1 fully saturated rings. The molecule has 2 aromatic carbocycles. The van der Waals surface area contributed by atoms with E-state index in [1.165, 1.54) is 28.2 Å². The largest absolute Gasteiger partial charge is 0.416 e. The Hall–Kier alpha value is -2.57. The first kappa shape index (κ1) is 29.0. The summed E-state index contributed by atoms with van der Waals surface area (Å²) in [5, 5.41) is 5.19. The molecule has 7 nitrogen and oxygen atoms in total. The topological polar surface area (TPSA) is 95.6 Å². The van der Waals surface area contributed by atoms with Crippen LogP contribution in [0.3, 0.4) is 0 Å². The Bertz CT molecular complexity index is 1200. The van der Waals surface area contributed by atoms with E-state index in [0.29, 0.717) is 25.0 Å². The van der Waals surface area contributed by atoms with Crippen LogP contribution in [0, 0.1) is 12.8 Å². The zero-order chi connectivity index (χ0) is 27.2. The average Bonchev–Trinajstić information content (AvgIpc) is 2.86. The Labute approximate surface area is 219 Å². The van der Waals surface area contributed by atoms with Gasteiger partial charge in [-0.05, 0) is 68.5 Å². The summed E-state index contributed by atoms with van der Waals surface area (Å²) in [7, 11) is -3.67. The number of halogens is 3. The van der Waals surface area contributed by atoms with Crippen molar-refractivity contribution in [2.45, 2.75) is 43.3 Å². The Morgan fingerprint density at radius 2 is 1.76 bits per heavy atom. The van der Waals surface area contributed by atoms with Crippen LogP contribution in [0.5, 0.6) is 0 Å².